The molecule has 3 N–H and O–H groups in total. The van der Waals surface area contributed by atoms with Crippen molar-refractivity contribution in [2.24, 2.45) is 5.84 Å². The summed E-state index contributed by atoms with van der Waals surface area (Å²) >= 11 is 1.72. The number of nitrogens with one attached hydrogen (secondary N) is 1. The number of thiophene rings is 1. The fraction of sp³-hybridized carbons (Fsp3) is 0.286. The number of benzene rings is 1. The molecule has 0 saturated carbocycles. The molecule has 0 spiro atoms. The molecule has 17 heavy (non-hydrogen) atoms. The van der Waals surface area contributed by atoms with E-state index < -0.39 is 0 Å². The van der Waals surface area contributed by atoms with Gasteiger partial charge in [0.1, 0.15) is 0 Å². The molecule has 0 saturated heterocycles. The van der Waals surface area contributed by atoms with E-state index in [0.717, 1.165) is 19.3 Å². The highest BCUT2D eigenvalue weighted by Gasteiger charge is 2.09. The average molecular weight is 246 g/mol. The number of hydrogen-bond donors (Lipinski definition) is 2. The summed E-state index contributed by atoms with van der Waals surface area (Å²) < 4.78 is 0. The molecule has 3 heteroatoms. The molecule has 2 aromatic rings. The Kier molecular flexibility index (Phi) is 4.74. The van der Waals surface area contributed by atoms with Gasteiger partial charge in [0, 0.05) is 6.04 Å². The van der Waals surface area contributed by atoms with Crippen molar-refractivity contribution in [2.75, 3.05) is 0 Å². The molecule has 0 radical (unpaired) electrons. The summed E-state index contributed by atoms with van der Waals surface area (Å²) in [4.78, 5) is 0. The SMILES string of the molecule is NNC(CCCc1ccccc1)c1ccsc1. The summed E-state index contributed by atoms with van der Waals surface area (Å²) in [5.74, 6) is 5.60. The Balaban J connectivity index is 1.81. The van der Waals surface area contributed by atoms with Crippen LogP contribution in [0.15, 0.2) is 47.2 Å². The molecule has 2 rings (SSSR count). The molecule has 1 aromatic carbocycles. The molecule has 1 aromatic heterocycles. The second kappa shape index (κ2) is 6.55. The highest BCUT2D eigenvalue weighted by Crippen LogP contribution is 2.21. The van der Waals surface area contributed by atoms with E-state index in [1.165, 1.54) is 11.1 Å². The van der Waals surface area contributed by atoms with E-state index in [-0.39, 0.29) is 6.04 Å². The van der Waals surface area contributed by atoms with E-state index in [4.69, 9.17) is 5.84 Å². The zero-order valence-corrected chi connectivity index (χ0v) is 10.6. The van der Waals surface area contributed by atoms with Gasteiger partial charge in [0.2, 0.25) is 0 Å². The third-order valence-corrected chi connectivity index (χ3v) is 3.65. The number of aryl methyl sites for hydroxylation is 1. The first kappa shape index (κ1) is 12.3. The van der Waals surface area contributed by atoms with Gasteiger partial charge in [-0.05, 0) is 47.2 Å². The molecule has 90 valence electrons. The van der Waals surface area contributed by atoms with Gasteiger partial charge in [-0.2, -0.15) is 11.3 Å². The summed E-state index contributed by atoms with van der Waals surface area (Å²) in [6, 6.07) is 13.0. The van der Waals surface area contributed by atoms with Crippen LogP contribution in [0.25, 0.3) is 0 Å². The summed E-state index contributed by atoms with van der Waals surface area (Å²) in [7, 11) is 0. The lowest BCUT2D eigenvalue weighted by atomic mass is 10.0. The molecular weight excluding hydrogens is 228 g/mol. The summed E-state index contributed by atoms with van der Waals surface area (Å²) in [6.07, 6.45) is 3.33. The van der Waals surface area contributed by atoms with Gasteiger partial charge >= 0.3 is 0 Å². The molecule has 0 bridgehead atoms. The topological polar surface area (TPSA) is 38.0 Å². The van der Waals surface area contributed by atoms with Gasteiger partial charge in [-0.15, -0.1) is 0 Å². The number of hydrogen-bond acceptors (Lipinski definition) is 3. The van der Waals surface area contributed by atoms with Crippen LogP contribution in [0.1, 0.15) is 30.0 Å². The Bertz CT molecular complexity index is 411. The first-order valence-corrected chi connectivity index (χ1v) is 6.86. The van der Waals surface area contributed by atoms with Crippen molar-refractivity contribution in [1.82, 2.24) is 5.43 Å². The van der Waals surface area contributed by atoms with Crippen molar-refractivity contribution < 1.29 is 0 Å². The van der Waals surface area contributed by atoms with E-state index >= 15 is 0 Å². The largest absolute Gasteiger partial charge is 0.271 e. The van der Waals surface area contributed by atoms with E-state index in [0.29, 0.717) is 0 Å². The van der Waals surface area contributed by atoms with E-state index in [9.17, 15) is 0 Å². The van der Waals surface area contributed by atoms with Gasteiger partial charge in [0.15, 0.2) is 0 Å². The quantitative estimate of drug-likeness (QED) is 0.606. The molecule has 2 nitrogen and oxygen atoms in total. The Hall–Kier alpha value is -1.16. The minimum atomic E-state index is 0.282. The molecule has 0 aliphatic rings. The fourth-order valence-corrected chi connectivity index (χ4v) is 2.69. The number of hydrazine groups is 1. The van der Waals surface area contributed by atoms with Crippen LogP contribution >= 0.6 is 11.3 Å². The van der Waals surface area contributed by atoms with Crippen LogP contribution in [-0.2, 0) is 6.42 Å². The second-order valence-electron chi connectivity index (χ2n) is 4.15. The molecular formula is C14H18N2S. The molecule has 0 fully saturated rings. The summed E-state index contributed by atoms with van der Waals surface area (Å²) in [6.45, 7) is 0. The molecule has 1 unspecified atom stereocenters. The summed E-state index contributed by atoms with van der Waals surface area (Å²) in [5, 5.41) is 4.25. The Morgan fingerprint density at radius 3 is 2.65 bits per heavy atom. The predicted molar refractivity (Wildman–Crippen MR) is 73.8 cm³/mol. The molecule has 1 heterocycles. The maximum Gasteiger partial charge on any atom is 0.0468 e. The van der Waals surface area contributed by atoms with E-state index in [1.807, 2.05) is 0 Å². The normalized spacial score (nSPS) is 12.5. The number of rotatable bonds is 6. The minimum absolute atomic E-state index is 0.282. The zero-order valence-electron chi connectivity index (χ0n) is 9.80. The highest BCUT2D eigenvalue weighted by atomic mass is 32.1. The van der Waals surface area contributed by atoms with Crippen LogP contribution < -0.4 is 11.3 Å². The first-order chi connectivity index (χ1) is 8.40. The van der Waals surface area contributed by atoms with Crippen LogP contribution in [0.5, 0.6) is 0 Å². The smallest absolute Gasteiger partial charge is 0.0468 e. The zero-order chi connectivity index (χ0) is 11.9. The van der Waals surface area contributed by atoms with Crippen LogP contribution in [0, 0.1) is 0 Å². The average Bonchev–Trinajstić information content (AvgIpc) is 2.90. The van der Waals surface area contributed by atoms with Gasteiger partial charge in [-0.1, -0.05) is 30.3 Å². The lowest BCUT2D eigenvalue weighted by molar-refractivity contribution is 0.500. The maximum atomic E-state index is 5.60. The molecule has 0 aliphatic heterocycles. The van der Waals surface area contributed by atoms with Crippen molar-refractivity contribution in [3.63, 3.8) is 0 Å². The first-order valence-electron chi connectivity index (χ1n) is 5.92. The Morgan fingerprint density at radius 2 is 2.00 bits per heavy atom. The van der Waals surface area contributed by atoms with Crippen molar-refractivity contribution in [3.8, 4) is 0 Å². The fourth-order valence-electron chi connectivity index (χ4n) is 1.97. The van der Waals surface area contributed by atoms with Crippen molar-refractivity contribution in [1.29, 1.82) is 0 Å². The van der Waals surface area contributed by atoms with Crippen LogP contribution in [0.4, 0.5) is 0 Å². The van der Waals surface area contributed by atoms with E-state index in [2.05, 4.69) is 52.6 Å². The van der Waals surface area contributed by atoms with Gasteiger partial charge in [0.05, 0.1) is 0 Å². The lowest BCUT2D eigenvalue weighted by Crippen LogP contribution is -2.27. The molecule has 1 atom stereocenters. The van der Waals surface area contributed by atoms with Gasteiger partial charge in [0.25, 0.3) is 0 Å². The van der Waals surface area contributed by atoms with Crippen molar-refractivity contribution >= 4 is 11.3 Å². The van der Waals surface area contributed by atoms with Crippen LogP contribution in [0.2, 0.25) is 0 Å². The maximum absolute atomic E-state index is 5.60. The molecule has 0 aliphatic carbocycles. The third-order valence-electron chi connectivity index (χ3n) is 2.95. The lowest BCUT2D eigenvalue weighted by Gasteiger charge is -2.14. The van der Waals surface area contributed by atoms with Crippen LogP contribution in [0.3, 0.4) is 0 Å². The van der Waals surface area contributed by atoms with E-state index in [1.54, 1.807) is 11.3 Å². The highest BCUT2D eigenvalue weighted by molar-refractivity contribution is 7.07. The van der Waals surface area contributed by atoms with Gasteiger partial charge < -0.3 is 0 Å². The van der Waals surface area contributed by atoms with Gasteiger partial charge in [-0.3, -0.25) is 11.3 Å². The number of nitrogens with two attached hydrogens (primary N) is 1. The summed E-state index contributed by atoms with van der Waals surface area (Å²) in [5.41, 5.74) is 5.59. The second-order valence-corrected chi connectivity index (χ2v) is 4.93. The van der Waals surface area contributed by atoms with Crippen molar-refractivity contribution in [3.05, 3.63) is 58.3 Å². The standard InChI is InChI=1S/C14H18N2S/c15-16-14(13-9-10-17-11-13)8-4-7-12-5-2-1-3-6-12/h1-3,5-6,9-11,14,16H,4,7-8,15H2. The van der Waals surface area contributed by atoms with Gasteiger partial charge in [-0.25, -0.2) is 0 Å². The molecule has 0 amide bonds. The third kappa shape index (κ3) is 3.66. The minimum Gasteiger partial charge on any atom is -0.271 e. The Labute approximate surface area is 106 Å². The Morgan fingerprint density at radius 1 is 1.18 bits per heavy atom. The van der Waals surface area contributed by atoms with Crippen molar-refractivity contribution in [2.45, 2.75) is 25.3 Å². The monoisotopic (exact) mass is 246 g/mol. The predicted octanol–water partition coefficient (Wildman–Crippen LogP) is 3.28. The van der Waals surface area contributed by atoms with Crippen LogP contribution in [-0.4, -0.2) is 0 Å².